The van der Waals surface area contributed by atoms with Gasteiger partial charge in [0.1, 0.15) is 11.5 Å². The summed E-state index contributed by atoms with van der Waals surface area (Å²) in [6.45, 7) is 6.87. The average Bonchev–Trinajstić information content (AvgIpc) is 3.29. The fraction of sp³-hybridized carbons (Fsp3) is 0.333. The minimum absolute atomic E-state index is 0.145. The zero-order valence-electron chi connectivity index (χ0n) is 23.4. The van der Waals surface area contributed by atoms with E-state index in [1.807, 2.05) is 37.3 Å². The highest BCUT2D eigenvalue weighted by molar-refractivity contribution is 6.46. The highest BCUT2D eigenvalue weighted by atomic mass is 16.5. The van der Waals surface area contributed by atoms with Crippen molar-refractivity contribution in [2.45, 2.75) is 72.3 Å². The number of oxime groups is 1. The second-order valence-corrected chi connectivity index (χ2v) is 9.97. The van der Waals surface area contributed by atoms with Crippen LogP contribution in [0.3, 0.4) is 0 Å². The van der Waals surface area contributed by atoms with Crippen molar-refractivity contribution in [3.8, 4) is 5.75 Å². The number of ketones is 2. The predicted molar refractivity (Wildman–Crippen MR) is 158 cm³/mol. The molecular formula is C33H36N2O5. The van der Waals surface area contributed by atoms with Gasteiger partial charge in [0.05, 0.1) is 0 Å². The van der Waals surface area contributed by atoms with Gasteiger partial charge in [0, 0.05) is 51.5 Å². The molecule has 0 saturated carbocycles. The number of rotatable bonds is 13. The van der Waals surface area contributed by atoms with Crippen molar-refractivity contribution in [3.05, 3.63) is 77.4 Å². The number of fused-ring (bicyclic) bond motifs is 3. The van der Waals surface area contributed by atoms with Crippen LogP contribution in [0.5, 0.6) is 5.75 Å². The predicted octanol–water partition coefficient (Wildman–Crippen LogP) is 7.73. The van der Waals surface area contributed by atoms with Crippen LogP contribution in [0.2, 0.25) is 0 Å². The number of unbranched alkanes of at least 4 members (excludes halogenated alkanes) is 3. The van der Waals surface area contributed by atoms with E-state index < -0.39 is 0 Å². The van der Waals surface area contributed by atoms with Crippen LogP contribution in [0.4, 0.5) is 0 Å². The lowest BCUT2D eigenvalue weighted by atomic mass is 9.99. The van der Waals surface area contributed by atoms with Gasteiger partial charge in [-0.3, -0.25) is 14.4 Å². The fourth-order valence-electron chi connectivity index (χ4n) is 4.99. The Morgan fingerprint density at radius 1 is 0.750 bits per heavy atom. The van der Waals surface area contributed by atoms with E-state index in [2.05, 4.69) is 23.6 Å². The molecule has 0 aliphatic rings. The maximum atomic E-state index is 13.4. The smallest absolute Gasteiger partial charge is 0.311 e. The summed E-state index contributed by atoms with van der Waals surface area (Å²) >= 11 is 0. The first-order valence-corrected chi connectivity index (χ1v) is 14.1. The van der Waals surface area contributed by atoms with Crippen LogP contribution in [0.25, 0.3) is 21.8 Å². The Labute approximate surface area is 234 Å². The van der Waals surface area contributed by atoms with Crippen molar-refractivity contribution >= 4 is 45.1 Å². The highest BCUT2D eigenvalue weighted by Gasteiger charge is 2.19. The van der Waals surface area contributed by atoms with Gasteiger partial charge in [0.25, 0.3) is 0 Å². The average molecular weight is 541 g/mol. The number of Topliss-reactive ketones (excluding diaryl/α,β-unsaturated/α-hetero) is 1. The standard InChI is InChI=1S/C33H36N2O5/c1-4-7-9-11-31(36)40-25-16-12-22(13-17-25)32(37)23-14-18-29-26(20-23)27-21-24(15-19-30(27)35(29)6-3)33(38)28(34-39)10-8-5-2/h12-21,39H,4-11H2,1-3H3/b34-28+. The number of carbonyl (C=O) groups excluding carboxylic acids is 3. The van der Waals surface area contributed by atoms with Gasteiger partial charge in [-0.2, -0.15) is 0 Å². The topological polar surface area (TPSA) is 98.0 Å². The summed E-state index contributed by atoms with van der Waals surface area (Å²) < 4.78 is 7.54. The van der Waals surface area contributed by atoms with Gasteiger partial charge < -0.3 is 14.5 Å². The molecule has 1 N–H and O–H groups in total. The molecule has 1 heterocycles. The number of aryl methyl sites for hydroxylation is 1. The molecule has 40 heavy (non-hydrogen) atoms. The molecule has 0 saturated heterocycles. The fourth-order valence-corrected chi connectivity index (χ4v) is 4.99. The van der Waals surface area contributed by atoms with E-state index in [4.69, 9.17) is 4.74 Å². The molecule has 0 fully saturated rings. The van der Waals surface area contributed by atoms with Gasteiger partial charge in [0.15, 0.2) is 5.78 Å². The largest absolute Gasteiger partial charge is 0.427 e. The first kappa shape index (κ1) is 28.7. The highest BCUT2D eigenvalue weighted by Crippen LogP contribution is 2.32. The van der Waals surface area contributed by atoms with Crippen LogP contribution in [0.1, 0.15) is 92.0 Å². The molecule has 0 atom stereocenters. The van der Waals surface area contributed by atoms with Crippen molar-refractivity contribution in [1.82, 2.24) is 4.57 Å². The normalized spacial score (nSPS) is 11.7. The molecule has 0 spiro atoms. The molecule has 208 valence electrons. The summed E-state index contributed by atoms with van der Waals surface area (Å²) in [4.78, 5) is 38.5. The molecule has 0 bridgehead atoms. The molecule has 0 unspecified atom stereocenters. The van der Waals surface area contributed by atoms with Crippen molar-refractivity contribution in [1.29, 1.82) is 0 Å². The molecule has 0 aliphatic carbocycles. The van der Waals surface area contributed by atoms with Crippen molar-refractivity contribution in [2.75, 3.05) is 0 Å². The second kappa shape index (κ2) is 13.2. The van der Waals surface area contributed by atoms with E-state index in [1.54, 1.807) is 30.3 Å². The molecule has 3 aromatic carbocycles. The van der Waals surface area contributed by atoms with Crippen LogP contribution >= 0.6 is 0 Å². The zero-order chi connectivity index (χ0) is 28.6. The molecular weight excluding hydrogens is 504 g/mol. The number of hydrogen-bond acceptors (Lipinski definition) is 6. The number of benzene rings is 3. The van der Waals surface area contributed by atoms with E-state index in [9.17, 15) is 19.6 Å². The van der Waals surface area contributed by atoms with Gasteiger partial charge in [-0.1, -0.05) is 38.3 Å². The minimum Gasteiger partial charge on any atom is -0.427 e. The lowest BCUT2D eigenvalue weighted by Crippen LogP contribution is -2.14. The summed E-state index contributed by atoms with van der Waals surface area (Å²) in [6, 6.07) is 17.7. The van der Waals surface area contributed by atoms with E-state index >= 15 is 0 Å². The summed E-state index contributed by atoms with van der Waals surface area (Å²) in [7, 11) is 0. The van der Waals surface area contributed by atoms with E-state index in [-0.39, 0.29) is 23.2 Å². The second-order valence-electron chi connectivity index (χ2n) is 9.97. The SMILES string of the molecule is CCCCCC(=O)Oc1ccc(C(=O)c2ccc3c(c2)c2cc(C(=O)/C(CCCC)=N/O)ccc2n3CC)cc1. The maximum Gasteiger partial charge on any atom is 0.311 e. The summed E-state index contributed by atoms with van der Waals surface area (Å²) in [5, 5.41) is 14.4. The Kier molecular flexibility index (Phi) is 9.48. The first-order valence-electron chi connectivity index (χ1n) is 14.1. The molecule has 0 radical (unpaired) electrons. The van der Waals surface area contributed by atoms with Crippen molar-refractivity contribution < 1.29 is 24.3 Å². The summed E-state index contributed by atoms with van der Waals surface area (Å²) in [6.07, 6.45) is 5.25. The molecule has 7 heteroatoms. The van der Waals surface area contributed by atoms with Gasteiger partial charge in [-0.25, -0.2) is 0 Å². The number of nitrogens with zero attached hydrogens (tertiary/aromatic N) is 2. The molecule has 0 amide bonds. The Balaban J connectivity index is 1.64. The van der Waals surface area contributed by atoms with Gasteiger partial charge in [-0.05, 0) is 86.8 Å². The van der Waals surface area contributed by atoms with Gasteiger partial charge >= 0.3 is 5.97 Å². The lowest BCUT2D eigenvalue weighted by molar-refractivity contribution is -0.134. The van der Waals surface area contributed by atoms with Crippen LogP contribution < -0.4 is 4.74 Å². The Morgan fingerprint density at radius 2 is 1.35 bits per heavy atom. The van der Waals surface area contributed by atoms with Crippen LogP contribution in [0.15, 0.2) is 65.8 Å². The van der Waals surface area contributed by atoms with E-state index in [0.717, 1.165) is 60.5 Å². The van der Waals surface area contributed by atoms with Gasteiger partial charge in [-0.15, -0.1) is 0 Å². The molecule has 0 aliphatic heterocycles. The Bertz CT molecular complexity index is 1560. The van der Waals surface area contributed by atoms with Crippen molar-refractivity contribution in [3.63, 3.8) is 0 Å². The maximum absolute atomic E-state index is 13.4. The Hall–Kier alpha value is -4.26. The molecule has 4 rings (SSSR count). The van der Waals surface area contributed by atoms with Crippen LogP contribution in [-0.4, -0.2) is 33.0 Å². The van der Waals surface area contributed by atoms with Crippen molar-refractivity contribution in [2.24, 2.45) is 5.16 Å². The Morgan fingerprint density at radius 3 is 1.95 bits per heavy atom. The lowest BCUT2D eigenvalue weighted by Gasteiger charge is -2.06. The van der Waals surface area contributed by atoms with E-state index in [0.29, 0.717) is 35.3 Å². The number of carbonyl (C=O) groups is 3. The molecule has 4 aromatic rings. The number of hydrogen-bond donors (Lipinski definition) is 1. The number of esters is 1. The van der Waals surface area contributed by atoms with E-state index in [1.165, 1.54) is 0 Å². The molecule has 7 nitrogen and oxygen atoms in total. The summed E-state index contributed by atoms with van der Waals surface area (Å²) in [5.74, 6) is -0.303. The first-order chi connectivity index (χ1) is 19.4. The van der Waals surface area contributed by atoms with Crippen LogP contribution in [0, 0.1) is 0 Å². The summed E-state index contributed by atoms with van der Waals surface area (Å²) in [5.41, 5.74) is 3.52. The van der Waals surface area contributed by atoms with Gasteiger partial charge in [0.2, 0.25) is 5.78 Å². The minimum atomic E-state index is -0.298. The third-order valence-electron chi connectivity index (χ3n) is 7.19. The zero-order valence-corrected chi connectivity index (χ0v) is 23.4. The quantitative estimate of drug-likeness (QED) is 0.0356. The number of ether oxygens (including phenoxy) is 1. The monoisotopic (exact) mass is 540 g/mol. The third-order valence-corrected chi connectivity index (χ3v) is 7.19. The molecule has 1 aromatic heterocycles. The van der Waals surface area contributed by atoms with Crippen LogP contribution in [-0.2, 0) is 11.3 Å². The third kappa shape index (κ3) is 6.14. The number of aromatic nitrogens is 1.